The minimum absolute atomic E-state index is 0.154. The second-order valence-corrected chi connectivity index (χ2v) is 4.98. The minimum atomic E-state index is -0.532. The van der Waals surface area contributed by atoms with E-state index in [1.165, 1.54) is 6.20 Å². The van der Waals surface area contributed by atoms with E-state index in [-0.39, 0.29) is 23.4 Å². The summed E-state index contributed by atoms with van der Waals surface area (Å²) in [6.07, 6.45) is 5.91. The number of carbonyl (C=O) groups excluding carboxylic acids is 1. The van der Waals surface area contributed by atoms with Gasteiger partial charge in [0.05, 0.1) is 17.8 Å². The van der Waals surface area contributed by atoms with Crippen LogP contribution in [0.25, 0.3) is 0 Å². The highest BCUT2D eigenvalue weighted by atomic mass is 19.1. The van der Waals surface area contributed by atoms with Crippen molar-refractivity contribution in [1.29, 1.82) is 0 Å². The van der Waals surface area contributed by atoms with E-state index < -0.39 is 5.82 Å². The standard InChI is InChI=1S/C14H17FN4O/c1-9(2)12(13-17-4-5-19(13)3)18-14(20)10-6-11(15)8-16-7-10/h4-9,12H,1-3H3,(H,18,20)/t12-/m1/s1. The van der Waals surface area contributed by atoms with Gasteiger partial charge in [0.1, 0.15) is 11.6 Å². The zero-order valence-electron chi connectivity index (χ0n) is 11.7. The van der Waals surface area contributed by atoms with E-state index in [0.717, 1.165) is 18.1 Å². The first-order chi connectivity index (χ1) is 9.49. The maximum absolute atomic E-state index is 13.1. The van der Waals surface area contributed by atoms with Crippen LogP contribution in [-0.2, 0) is 7.05 Å². The maximum Gasteiger partial charge on any atom is 0.253 e. The highest BCUT2D eigenvalue weighted by Crippen LogP contribution is 2.20. The van der Waals surface area contributed by atoms with Gasteiger partial charge in [0, 0.05) is 25.6 Å². The number of nitrogens with one attached hydrogen (secondary N) is 1. The third-order valence-corrected chi connectivity index (χ3v) is 3.06. The lowest BCUT2D eigenvalue weighted by Gasteiger charge is -2.22. The summed E-state index contributed by atoms with van der Waals surface area (Å²) in [5.41, 5.74) is 0.199. The molecule has 0 aliphatic rings. The van der Waals surface area contributed by atoms with E-state index in [4.69, 9.17) is 0 Å². The molecule has 0 saturated heterocycles. The van der Waals surface area contributed by atoms with Crippen LogP contribution in [0.3, 0.4) is 0 Å². The number of aryl methyl sites for hydroxylation is 1. The molecule has 2 aromatic heterocycles. The molecule has 2 heterocycles. The quantitative estimate of drug-likeness (QED) is 0.930. The van der Waals surface area contributed by atoms with Gasteiger partial charge in [0.2, 0.25) is 0 Å². The van der Waals surface area contributed by atoms with Crippen LogP contribution in [0.1, 0.15) is 36.1 Å². The van der Waals surface area contributed by atoms with Gasteiger partial charge >= 0.3 is 0 Å². The molecule has 2 aromatic rings. The molecule has 0 aliphatic carbocycles. The van der Waals surface area contributed by atoms with Gasteiger partial charge < -0.3 is 9.88 Å². The Bertz CT molecular complexity index is 609. The molecule has 0 radical (unpaired) electrons. The summed E-state index contributed by atoms with van der Waals surface area (Å²) in [6, 6.07) is 0.920. The Morgan fingerprint density at radius 1 is 1.40 bits per heavy atom. The van der Waals surface area contributed by atoms with Crippen LogP contribution in [0.4, 0.5) is 4.39 Å². The van der Waals surface area contributed by atoms with Crippen LogP contribution < -0.4 is 5.32 Å². The van der Waals surface area contributed by atoms with Crippen molar-refractivity contribution in [3.63, 3.8) is 0 Å². The van der Waals surface area contributed by atoms with Crippen LogP contribution in [0.2, 0.25) is 0 Å². The Morgan fingerprint density at radius 2 is 2.15 bits per heavy atom. The molecular formula is C14H17FN4O. The fraction of sp³-hybridized carbons (Fsp3) is 0.357. The van der Waals surface area contributed by atoms with Gasteiger partial charge in [-0.05, 0) is 12.0 Å². The molecule has 0 unspecified atom stereocenters. The molecular weight excluding hydrogens is 259 g/mol. The highest BCUT2D eigenvalue weighted by Gasteiger charge is 2.22. The third-order valence-electron chi connectivity index (χ3n) is 3.06. The topological polar surface area (TPSA) is 59.8 Å². The average molecular weight is 276 g/mol. The molecule has 20 heavy (non-hydrogen) atoms. The number of hydrogen-bond acceptors (Lipinski definition) is 3. The van der Waals surface area contributed by atoms with Crippen molar-refractivity contribution < 1.29 is 9.18 Å². The minimum Gasteiger partial charge on any atom is -0.342 e. The Morgan fingerprint density at radius 3 is 2.70 bits per heavy atom. The Balaban J connectivity index is 2.21. The van der Waals surface area contributed by atoms with Crippen LogP contribution in [0.5, 0.6) is 0 Å². The van der Waals surface area contributed by atoms with Gasteiger partial charge in [0.15, 0.2) is 0 Å². The number of carbonyl (C=O) groups is 1. The van der Waals surface area contributed by atoms with Crippen molar-refractivity contribution in [2.24, 2.45) is 13.0 Å². The summed E-state index contributed by atoms with van der Waals surface area (Å²) in [6.45, 7) is 3.98. The number of amides is 1. The van der Waals surface area contributed by atoms with Gasteiger partial charge in [-0.1, -0.05) is 13.8 Å². The van der Waals surface area contributed by atoms with Crippen LogP contribution in [0.15, 0.2) is 30.9 Å². The summed E-state index contributed by atoms with van der Waals surface area (Å²) in [7, 11) is 1.87. The SMILES string of the molecule is CC(C)[C@@H](NC(=O)c1cncc(F)c1)c1nccn1C. The summed E-state index contributed by atoms with van der Waals surface area (Å²) < 4.78 is 15.0. The summed E-state index contributed by atoms with van der Waals surface area (Å²) >= 11 is 0. The average Bonchev–Trinajstić information content (AvgIpc) is 2.81. The summed E-state index contributed by atoms with van der Waals surface area (Å²) in [5.74, 6) is 0.0220. The van der Waals surface area contributed by atoms with Crippen molar-refractivity contribution in [3.05, 3.63) is 48.1 Å². The van der Waals surface area contributed by atoms with E-state index in [9.17, 15) is 9.18 Å². The van der Waals surface area contributed by atoms with Crippen LogP contribution in [-0.4, -0.2) is 20.4 Å². The second kappa shape index (κ2) is 5.81. The van der Waals surface area contributed by atoms with Gasteiger partial charge in [-0.2, -0.15) is 0 Å². The first kappa shape index (κ1) is 14.2. The fourth-order valence-electron chi connectivity index (χ4n) is 1.97. The van der Waals surface area contributed by atoms with Crippen molar-refractivity contribution in [2.75, 3.05) is 0 Å². The monoisotopic (exact) mass is 276 g/mol. The molecule has 5 nitrogen and oxygen atoms in total. The molecule has 0 saturated carbocycles. The smallest absolute Gasteiger partial charge is 0.253 e. The van der Waals surface area contributed by atoms with E-state index >= 15 is 0 Å². The fourth-order valence-corrected chi connectivity index (χ4v) is 1.97. The molecule has 6 heteroatoms. The molecule has 106 valence electrons. The summed E-state index contributed by atoms with van der Waals surface area (Å²) in [5, 5.41) is 2.87. The number of imidazole rings is 1. The number of hydrogen-bond donors (Lipinski definition) is 1. The highest BCUT2D eigenvalue weighted by molar-refractivity contribution is 5.94. The number of rotatable bonds is 4. The molecule has 1 N–H and O–H groups in total. The zero-order valence-corrected chi connectivity index (χ0v) is 11.7. The van der Waals surface area contributed by atoms with Gasteiger partial charge in [-0.15, -0.1) is 0 Å². The van der Waals surface area contributed by atoms with Crippen molar-refractivity contribution in [1.82, 2.24) is 19.9 Å². The Kier molecular flexibility index (Phi) is 4.12. The van der Waals surface area contributed by atoms with Crippen molar-refractivity contribution in [3.8, 4) is 0 Å². The van der Waals surface area contributed by atoms with E-state index in [1.807, 2.05) is 31.7 Å². The van der Waals surface area contributed by atoms with E-state index in [0.29, 0.717) is 0 Å². The lowest BCUT2D eigenvalue weighted by molar-refractivity contribution is 0.0921. The molecule has 0 fully saturated rings. The largest absolute Gasteiger partial charge is 0.342 e. The number of nitrogens with zero attached hydrogens (tertiary/aromatic N) is 3. The lowest BCUT2D eigenvalue weighted by Crippen LogP contribution is -2.33. The van der Waals surface area contributed by atoms with E-state index in [2.05, 4.69) is 15.3 Å². The van der Waals surface area contributed by atoms with Crippen LogP contribution in [0, 0.1) is 11.7 Å². The lowest BCUT2D eigenvalue weighted by atomic mass is 10.0. The Labute approximate surface area is 116 Å². The molecule has 0 aliphatic heterocycles. The van der Waals surface area contributed by atoms with Gasteiger partial charge in [0.25, 0.3) is 5.91 Å². The van der Waals surface area contributed by atoms with Crippen molar-refractivity contribution in [2.45, 2.75) is 19.9 Å². The predicted octanol–water partition coefficient (Wildman–Crippen LogP) is 2.08. The first-order valence-corrected chi connectivity index (χ1v) is 6.37. The zero-order chi connectivity index (χ0) is 14.7. The third kappa shape index (κ3) is 3.01. The predicted molar refractivity (Wildman–Crippen MR) is 72.4 cm³/mol. The number of aromatic nitrogens is 3. The Hall–Kier alpha value is -2.24. The van der Waals surface area contributed by atoms with Crippen LogP contribution >= 0.6 is 0 Å². The second-order valence-electron chi connectivity index (χ2n) is 4.98. The van der Waals surface area contributed by atoms with Gasteiger partial charge in [-0.25, -0.2) is 9.37 Å². The molecule has 1 amide bonds. The van der Waals surface area contributed by atoms with E-state index in [1.54, 1.807) is 6.20 Å². The molecule has 1 atom stereocenters. The molecule has 0 spiro atoms. The van der Waals surface area contributed by atoms with Gasteiger partial charge in [-0.3, -0.25) is 9.78 Å². The molecule has 2 rings (SSSR count). The molecule has 0 bridgehead atoms. The number of halogens is 1. The first-order valence-electron chi connectivity index (χ1n) is 6.37. The summed E-state index contributed by atoms with van der Waals surface area (Å²) in [4.78, 5) is 20.1. The normalized spacial score (nSPS) is 12.4. The number of pyridine rings is 1. The molecule has 0 aromatic carbocycles. The maximum atomic E-state index is 13.1. The van der Waals surface area contributed by atoms with Crippen molar-refractivity contribution >= 4 is 5.91 Å².